The fourth-order valence-electron chi connectivity index (χ4n) is 6.22. The normalized spacial score (nSPS) is 17.6. The molecule has 0 amide bonds. The molecule has 0 saturated heterocycles. The minimum absolute atomic E-state index is 0.0383. The molecule has 3 rings (SSSR count). The van der Waals surface area contributed by atoms with Crippen molar-refractivity contribution >= 4 is 17.9 Å². The first kappa shape index (κ1) is 52.3. The van der Waals surface area contributed by atoms with Crippen molar-refractivity contribution in [3.8, 4) is 17.6 Å². The number of esters is 3. The Morgan fingerprint density at radius 1 is 0.683 bits per heavy atom. The summed E-state index contributed by atoms with van der Waals surface area (Å²) in [6.45, 7) is -0.559. The predicted octanol–water partition coefficient (Wildman–Crippen LogP) is 9.38. The number of ether oxygens (including phenoxy) is 6. The number of rotatable bonds is 27. The minimum atomic E-state index is -8.07. The second-order valence-electron chi connectivity index (χ2n) is 14.2. The number of nitrogens with zero attached hydrogens (tertiary/aromatic N) is 1. The first-order chi connectivity index (χ1) is 29.3. The van der Waals surface area contributed by atoms with Gasteiger partial charge < -0.3 is 28.4 Å². The molecule has 0 radical (unpaired) electrons. The van der Waals surface area contributed by atoms with Gasteiger partial charge >= 0.3 is 53.7 Å². The summed E-state index contributed by atoms with van der Waals surface area (Å²) in [5.74, 6) is -42.6. The minimum Gasteiger partial charge on any atom is -0.494 e. The third-order valence-electron chi connectivity index (χ3n) is 9.96. The molecule has 0 bridgehead atoms. The van der Waals surface area contributed by atoms with E-state index in [9.17, 15) is 71.5 Å². The monoisotopic (exact) mass is 927 g/mol. The molecule has 1 saturated carbocycles. The van der Waals surface area contributed by atoms with Gasteiger partial charge in [-0.3, -0.25) is 14.4 Å². The van der Waals surface area contributed by atoms with Gasteiger partial charge in [0.1, 0.15) is 24.7 Å². The molecule has 0 aromatic heterocycles. The number of nitriles is 1. The Labute approximate surface area is 351 Å². The second kappa shape index (κ2) is 21.6. The fourth-order valence-corrected chi connectivity index (χ4v) is 6.22. The number of halogens is 13. The summed E-state index contributed by atoms with van der Waals surface area (Å²) in [5, 5.41) is 8.90. The van der Waals surface area contributed by atoms with Gasteiger partial charge in [-0.1, -0.05) is 25.1 Å². The average Bonchev–Trinajstić information content (AvgIpc) is 3.95. The average molecular weight is 928 g/mol. The third-order valence-corrected chi connectivity index (χ3v) is 9.96. The zero-order chi connectivity index (χ0) is 47.3. The summed E-state index contributed by atoms with van der Waals surface area (Å²) in [5.41, 5.74) is -1.19. The Hall–Kier alpha value is -5.01. The molecule has 1 aliphatic carbocycles. The molecule has 10 nitrogen and oxygen atoms in total. The van der Waals surface area contributed by atoms with Gasteiger partial charge in [0.05, 0.1) is 62.4 Å². The molecule has 3 atom stereocenters. The summed E-state index contributed by atoms with van der Waals surface area (Å²) >= 11 is 0. The zero-order valence-corrected chi connectivity index (χ0v) is 33.3. The van der Waals surface area contributed by atoms with Crippen molar-refractivity contribution in [3.05, 3.63) is 60.2 Å². The van der Waals surface area contributed by atoms with E-state index in [-0.39, 0.29) is 65.3 Å². The molecule has 0 N–H and O–H groups in total. The lowest BCUT2D eigenvalue weighted by Gasteiger charge is -2.39. The maximum absolute atomic E-state index is 14.3. The van der Waals surface area contributed by atoms with Gasteiger partial charge in [-0.15, -0.1) is 0 Å². The van der Waals surface area contributed by atoms with E-state index < -0.39 is 90.4 Å². The van der Waals surface area contributed by atoms with Gasteiger partial charge in [-0.2, -0.15) is 62.3 Å². The van der Waals surface area contributed by atoms with Crippen LogP contribution in [0.25, 0.3) is 0 Å². The first-order valence-corrected chi connectivity index (χ1v) is 19.2. The smallest absolute Gasteiger partial charge is 0.460 e. The SMILES string of the molecule is CCC(C(=O)OCCC(F)(F)C(F)(F)C(F)(F)C(F)(F)C(F)(F)C(F)(F)F)C1CC1(CCC(=O)OCCOCCOc1ccccc1)C(=O)OCCCCOc1ccc(C#N)cc1. The summed E-state index contributed by atoms with van der Waals surface area (Å²) < 4.78 is 207. The van der Waals surface area contributed by atoms with E-state index in [4.69, 9.17) is 28.9 Å². The van der Waals surface area contributed by atoms with E-state index >= 15 is 0 Å². The molecule has 352 valence electrons. The van der Waals surface area contributed by atoms with Crippen LogP contribution in [0.1, 0.15) is 57.4 Å². The van der Waals surface area contributed by atoms with Crippen LogP contribution in [0, 0.1) is 28.6 Å². The van der Waals surface area contributed by atoms with Crippen molar-refractivity contribution in [2.75, 3.05) is 46.2 Å². The fraction of sp³-hybridized carbons (Fsp3) is 0.600. The summed E-state index contributed by atoms with van der Waals surface area (Å²) in [6, 6.07) is 17.0. The van der Waals surface area contributed by atoms with Gasteiger partial charge in [0.25, 0.3) is 0 Å². The third kappa shape index (κ3) is 12.6. The molecule has 2 aromatic rings. The van der Waals surface area contributed by atoms with E-state index in [0.717, 1.165) is 0 Å². The van der Waals surface area contributed by atoms with Crippen LogP contribution in [0.15, 0.2) is 54.6 Å². The number of para-hydroxylation sites is 1. The largest absolute Gasteiger partial charge is 0.494 e. The highest BCUT2D eigenvalue weighted by molar-refractivity contribution is 5.84. The number of carbonyl (C=O) groups is 3. The Balaban J connectivity index is 1.61. The molecular weight excluding hydrogens is 885 g/mol. The highest BCUT2D eigenvalue weighted by Crippen LogP contribution is 2.62. The van der Waals surface area contributed by atoms with Crippen LogP contribution in [0.3, 0.4) is 0 Å². The van der Waals surface area contributed by atoms with Gasteiger partial charge in [-0.05, 0) is 74.4 Å². The van der Waals surface area contributed by atoms with Crippen LogP contribution >= 0.6 is 0 Å². The van der Waals surface area contributed by atoms with Crippen LogP contribution in [0.4, 0.5) is 57.1 Å². The number of hydrogen-bond acceptors (Lipinski definition) is 10. The molecule has 1 fully saturated rings. The van der Waals surface area contributed by atoms with Crippen molar-refractivity contribution < 1.29 is 99.9 Å². The second-order valence-corrected chi connectivity index (χ2v) is 14.2. The highest BCUT2D eigenvalue weighted by Gasteiger charge is 2.90. The first-order valence-electron chi connectivity index (χ1n) is 19.2. The lowest BCUT2D eigenvalue weighted by atomic mass is 9.89. The molecule has 2 aromatic carbocycles. The molecule has 1 aliphatic rings. The van der Waals surface area contributed by atoms with Crippen molar-refractivity contribution in [3.63, 3.8) is 0 Å². The van der Waals surface area contributed by atoms with Gasteiger partial charge in [0.15, 0.2) is 0 Å². The van der Waals surface area contributed by atoms with E-state index in [1.807, 2.05) is 6.07 Å². The predicted molar refractivity (Wildman–Crippen MR) is 190 cm³/mol. The number of alkyl halides is 13. The number of carbonyl (C=O) groups excluding carboxylic acids is 3. The molecule has 0 spiro atoms. The Kier molecular flexibility index (Phi) is 17.9. The number of unbranched alkanes of at least 4 members (excludes halogenated alkanes) is 1. The van der Waals surface area contributed by atoms with Gasteiger partial charge in [0.2, 0.25) is 0 Å². The van der Waals surface area contributed by atoms with Crippen LogP contribution in [-0.4, -0.2) is 99.9 Å². The molecule has 0 aliphatic heterocycles. The van der Waals surface area contributed by atoms with Crippen molar-refractivity contribution in [1.82, 2.24) is 0 Å². The lowest BCUT2D eigenvalue weighted by molar-refractivity contribution is -0.440. The van der Waals surface area contributed by atoms with Crippen molar-refractivity contribution in [2.24, 2.45) is 17.3 Å². The van der Waals surface area contributed by atoms with E-state index in [2.05, 4.69) is 4.74 Å². The molecule has 23 heteroatoms. The number of benzene rings is 2. The molecule has 3 unspecified atom stereocenters. The standard InChI is InChI=1S/C40H42F13NO9/c1-2-29(32(56)62-19-16-35(41,42)36(43,44)37(45,46)38(47,48)39(49,50)40(51,52)53)30-24-34(30,33(57)63-18-7-6-17-59-28-12-10-26(25-54)11-13-28)15-14-31(55)61-23-21-58-20-22-60-27-8-4-3-5-9-27/h3-5,8-13,29-30H,2,6-7,14-24H2,1H3. The van der Waals surface area contributed by atoms with Crippen LogP contribution in [0.2, 0.25) is 0 Å². The van der Waals surface area contributed by atoms with Gasteiger partial charge in [-0.25, -0.2) is 0 Å². The molecule has 63 heavy (non-hydrogen) atoms. The quantitative estimate of drug-likeness (QED) is 0.0370. The summed E-state index contributed by atoms with van der Waals surface area (Å²) in [6.07, 6.45) is -10.8. The summed E-state index contributed by atoms with van der Waals surface area (Å²) in [4.78, 5) is 39.1. The maximum Gasteiger partial charge on any atom is 0.460 e. The van der Waals surface area contributed by atoms with E-state index in [1.54, 1.807) is 42.5 Å². The van der Waals surface area contributed by atoms with Crippen LogP contribution in [-0.2, 0) is 33.3 Å². The van der Waals surface area contributed by atoms with Gasteiger partial charge in [0, 0.05) is 6.42 Å². The lowest BCUT2D eigenvalue weighted by Crippen LogP contribution is -2.70. The Morgan fingerprint density at radius 3 is 1.86 bits per heavy atom. The molecular formula is C40H42F13NO9. The summed E-state index contributed by atoms with van der Waals surface area (Å²) in [7, 11) is 0. The van der Waals surface area contributed by atoms with Crippen molar-refractivity contribution in [1.29, 1.82) is 5.26 Å². The Morgan fingerprint density at radius 2 is 1.25 bits per heavy atom. The van der Waals surface area contributed by atoms with Crippen molar-refractivity contribution in [2.45, 2.75) is 87.7 Å². The topological polar surface area (TPSA) is 130 Å². The van der Waals surface area contributed by atoms with E-state index in [1.165, 1.54) is 19.1 Å². The zero-order valence-electron chi connectivity index (χ0n) is 33.3. The highest BCUT2D eigenvalue weighted by atomic mass is 19.4. The maximum atomic E-state index is 14.3. The van der Waals surface area contributed by atoms with Crippen LogP contribution < -0.4 is 9.47 Å². The molecule has 0 heterocycles. The Bertz CT molecular complexity index is 1840. The van der Waals surface area contributed by atoms with Crippen LogP contribution in [0.5, 0.6) is 11.5 Å². The van der Waals surface area contributed by atoms with E-state index in [0.29, 0.717) is 23.5 Å². The number of hydrogen-bond donors (Lipinski definition) is 0.